The molecular formula is C20H29IN4O3. The summed E-state index contributed by atoms with van der Waals surface area (Å²) >= 11 is 0. The Labute approximate surface area is 182 Å². The van der Waals surface area contributed by atoms with Crippen LogP contribution >= 0.6 is 24.0 Å². The van der Waals surface area contributed by atoms with Gasteiger partial charge in [0.25, 0.3) is 0 Å². The highest BCUT2D eigenvalue weighted by molar-refractivity contribution is 14.0. The number of amides is 1. The molecule has 0 aliphatic carbocycles. The Morgan fingerprint density at radius 2 is 2.00 bits per heavy atom. The molecule has 1 atom stereocenters. The Hall–Kier alpha value is -2.07. The van der Waals surface area contributed by atoms with E-state index < -0.39 is 11.5 Å². The molecule has 1 aromatic heterocycles. The van der Waals surface area contributed by atoms with Crippen molar-refractivity contribution >= 4 is 35.8 Å². The second kappa shape index (κ2) is 10.5. The van der Waals surface area contributed by atoms with E-state index in [2.05, 4.69) is 15.6 Å². The first-order chi connectivity index (χ1) is 12.7. The van der Waals surface area contributed by atoms with Crippen molar-refractivity contribution in [2.45, 2.75) is 39.8 Å². The molecule has 0 aliphatic heterocycles. The summed E-state index contributed by atoms with van der Waals surface area (Å²) in [5.41, 5.74) is 6.28. The van der Waals surface area contributed by atoms with E-state index in [9.17, 15) is 9.90 Å². The standard InChI is InChI=1S/C20H28N4O3.HI/c1-5-22-19(23-11-15-7-6-8-16(10-15)18(21)25)24-12-20(4,26)17-9-13(2)27-14(17)3;/h6-10,26H,5,11-12H2,1-4H3,(H2,21,25)(H2,22,23,24);1H. The number of aliphatic imine (C=N–C) groups is 1. The highest BCUT2D eigenvalue weighted by Crippen LogP contribution is 2.26. The van der Waals surface area contributed by atoms with Gasteiger partial charge in [0, 0.05) is 17.7 Å². The highest BCUT2D eigenvalue weighted by Gasteiger charge is 2.27. The first kappa shape index (κ1) is 24.0. The van der Waals surface area contributed by atoms with Gasteiger partial charge in [-0.25, -0.2) is 4.99 Å². The van der Waals surface area contributed by atoms with Crippen molar-refractivity contribution in [2.24, 2.45) is 10.7 Å². The monoisotopic (exact) mass is 500 g/mol. The number of nitrogens with two attached hydrogens (primary N) is 1. The van der Waals surface area contributed by atoms with Gasteiger partial charge in [0.2, 0.25) is 5.91 Å². The Balaban J connectivity index is 0.00000392. The van der Waals surface area contributed by atoms with E-state index in [-0.39, 0.29) is 30.5 Å². The Morgan fingerprint density at radius 1 is 1.29 bits per heavy atom. The van der Waals surface area contributed by atoms with E-state index in [1.54, 1.807) is 25.1 Å². The van der Waals surface area contributed by atoms with Gasteiger partial charge in [0.1, 0.15) is 17.1 Å². The molecule has 0 spiro atoms. The molecule has 5 N–H and O–H groups in total. The van der Waals surface area contributed by atoms with Crippen LogP contribution in [0, 0.1) is 13.8 Å². The first-order valence-corrected chi connectivity index (χ1v) is 8.93. The molecule has 2 aromatic rings. The number of rotatable bonds is 7. The summed E-state index contributed by atoms with van der Waals surface area (Å²) in [6.07, 6.45) is 0. The minimum Gasteiger partial charge on any atom is -0.466 e. The number of primary amides is 1. The van der Waals surface area contributed by atoms with Crippen LogP contribution in [0.5, 0.6) is 0 Å². The minimum absolute atomic E-state index is 0. The van der Waals surface area contributed by atoms with E-state index in [4.69, 9.17) is 10.2 Å². The van der Waals surface area contributed by atoms with E-state index in [1.165, 1.54) is 0 Å². The van der Waals surface area contributed by atoms with Crippen molar-refractivity contribution in [3.63, 3.8) is 0 Å². The average Bonchev–Trinajstić information content (AvgIpc) is 2.97. The molecule has 0 saturated carbocycles. The van der Waals surface area contributed by atoms with Crippen LogP contribution in [0.2, 0.25) is 0 Å². The summed E-state index contributed by atoms with van der Waals surface area (Å²) in [5, 5.41) is 17.1. The fourth-order valence-electron chi connectivity index (χ4n) is 2.85. The molecule has 1 amide bonds. The predicted octanol–water partition coefficient (Wildman–Crippen LogP) is 2.58. The van der Waals surface area contributed by atoms with Crippen molar-refractivity contribution in [1.29, 1.82) is 0 Å². The zero-order chi connectivity index (χ0) is 20.0. The first-order valence-electron chi connectivity index (χ1n) is 8.93. The zero-order valence-corrected chi connectivity index (χ0v) is 19.0. The lowest BCUT2D eigenvalue weighted by Gasteiger charge is -2.24. The van der Waals surface area contributed by atoms with E-state index >= 15 is 0 Å². The summed E-state index contributed by atoms with van der Waals surface area (Å²) in [6.45, 7) is 8.71. The van der Waals surface area contributed by atoms with Crippen molar-refractivity contribution < 1.29 is 14.3 Å². The third kappa shape index (κ3) is 6.52. The lowest BCUT2D eigenvalue weighted by molar-refractivity contribution is 0.0601. The second-order valence-corrected chi connectivity index (χ2v) is 6.71. The number of nitrogens with one attached hydrogen (secondary N) is 2. The van der Waals surface area contributed by atoms with Crippen LogP contribution in [0.3, 0.4) is 0 Å². The van der Waals surface area contributed by atoms with Crippen LogP contribution in [0.25, 0.3) is 0 Å². The molecule has 28 heavy (non-hydrogen) atoms. The molecule has 0 aliphatic rings. The smallest absolute Gasteiger partial charge is 0.248 e. The number of benzene rings is 1. The lowest BCUT2D eigenvalue weighted by Crippen LogP contribution is -2.44. The third-order valence-electron chi connectivity index (χ3n) is 4.20. The van der Waals surface area contributed by atoms with Crippen LogP contribution in [0.15, 0.2) is 39.7 Å². The molecule has 1 heterocycles. The van der Waals surface area contributed by atoms with Crippen molar-refractivity contribution in [3.05, 3.63) is 58.5 Å². The number of halogens is 1. The van der Waals surface area contributed by atoms with Crippen molar-refractivity contribution in [1.82, 2.24) is 10.6 Å². The van der Waals surface area contributed by atoms with Crippen LogP contribution < -0.4 is 16.4 Å². The number of nitrogens with zero attached hydrogens (tertiary/aromatic N) is 1. The molecule has 154 valence electrons. The van der Waals surface area contributed by atoms with Gasteiger partial charge in [-0.05, 0) is 51.5 Å². The van der Waals surface area contributed by atoms with Gasteiger partial charge in [-0.1, -0.05) is 12.1 Å². The van der Waals surface area contributed by atoms with Gasteiger partial charge in [0.15, 0.2) is 5.96 Å². The Kier molecular flexibility index (Phi) is 8.96. The second-order valence-electron chi connectivity index (χ2n) is 6.71. The number of guanidine groups is 1. The summed E-state index contributed by atoms with van der Waals surface area (Å²) in [5.74, 6) is 1.56. The predicted molar refractivity (Wildman–Crippen MR) is 121 cm³/mol. The van der Waals surface area contributed by atoms with Crippen LogP contribution in [-0.4, -0.2) is 30.1 Å². The molecule has 0 fully saturated rings. The maximum absolute atomic E-state index is 11.3. The maximum Gasteiger partial charge on any atom is 0.248 e. The Bertz CT molecular complexity index is 831. The molecule has 8 heteroatoms. The van der Waals surface area contributed by atoms with Gasteiger partial charge in [-0.2, -0.15) is 0 Å². The summed E-state index contributed by atoms with van der Waals surface area (Å²) in [6, 6.07) is 8.90. The fourth-order valence-corrected chi connectivity index (χ4v) is 2.85. The lowest BCUT2D eigenvalue weighted by atomic mass is 9.96. The molecule has 2 rings (SSSR count). The number of hydrogen-bond acceptors (Lipinski definition) is 4. The molecule has 1 aromatic carbocycles. The average molecular weight is 500 g/mol. The van der Waals surface area contributed by atoms with Crippen LogP contribution in [0.4, 0.5) is 0 Å². The quantitative estimate of drug-likeness (QED) is 0.265. The number of hydrogen-bond donors (Lipinski definition) is 4. The van der Waals surface area contributed by atoms with Gasteiger partial charge >= 0.3 is 0 Å². The number of furan rings is 1. The largest absolute Gasteiger partial charge is 0.466 e. The number of aryl methyl sites for hydroxylation is 2. The molecule has 0 bridgehead atoms. The highest BCUT2D eigenvalue weighted by atomic mass is 127. The SMILES string of the molecule is CCNC(=NCc1cccc(C(N)=O)c1)NCC(C)(O)c1cc(C)oc1C.I. The summed E-state index contributed by atoms with van der Waals surface area (Å²) in [4.78, 5) is 15.8. The van der Waals surface area contributed by atoms with Crippen LogP contribution in [0.1, 0.15) is 46.9 Å². The van der Waals surface area contributed by atoms with Gasteiger partial charge < -0.3 is 25.9 Å². The van der Waals surface area contributed by atoms with E-state index in [0.717, 1.165) is 16.9 Å². The molecule has 0 saturated heterocycles. The zero-order valence-electron chi connectivity index (χ0n) is 16.7. The normalized spacial score (nSPS) is 13.4. The van der Waals surface area contributed by atoms with Crippen molar-refractivity contribution in [2.75, 3.05) is 13.1 Å². The van der Waals surface area contributed by atoms with Crippen LogP contribution in [-0.2, 0) is 12.1 Å². The summed E-state index contributed by atoms with van der Waals surface area (Å²) in [7, 11) is 0. The maximum atomic E-state index is 11.3. The topological polar surface area (TPSA) is 113 Å². The number of aliphatic hydroxyl groups is 1. The molecule has 1 unspecified atom stereocenters. The van der Waals surface area contributed by atoms with Gasteiger partial charge in [0.05, 0.1) is 13.1 Å². The summed E-state index contributed by atoms with van der Waals surface area (Å²) < 4.78 is 5.52. The van der Waals surface area contributed by atoms with Gasteiger partial charge in [-0.3, -0.25) is 4.79 Å². The van der Waals surface area contributed by atoms with Gasteiger partial charge in [-0.15, -0.1) is 24.0 Å². The number of carbonyl (C=O) groups excluding carboxylic acids is 1. The Morgan fingerprint density at radius 3 is 2.57 bits per heavy atom. The molecule has 0 radical (unpaired) electrons. The fraction of sp³-hybridized carbons (Fsp3) is 0.400. The number of carbonyl (C=O) groups is 1. The minimum atomic E-state index is -1.11. The molecular weight excluding hydrogens is 471 g/mol. The van der Waals surface area contributed by atoms with Crippen molar-refractivity contribution in [3.8, 4) is 0 Å². The van der Waals surface area contributed by atoms with E-state index in [1.807, 2.05) is 32.9 Å². The van der Waals surface area contributed by atoms with E-state index in [0.29, 0.717) is 30.4 Å². The molecule has 7 nitrogen and oxygen atoms in total. The third-order valence-corrected chi connectivity index (χ3v) is 4.20.